The molecule has 0 spiro atoms. The van der Waals surface area contributed by atoms with Crippen LogP contribution < -0.4 is 20.1 Å². The number of carbonyl (C=O) groups is 1. The Hall–Kier alpha value is -3.68. The molecule has 1 amide bonds. The molecule has 2 N–H and O–H groups in total. The van der Waals surface area contributed by atoms with E-state index in [-0.39, 0.29) is 12.4 Å². The van der Waals surface area contributed by atoms with E-state index in [0.29, 0.717) is 23.8 Å². The maximum atomic E-state index is 13.2. The molecular formula is C20H15F2N3O3. The van der Waals surface area contributed by atoms with E-state index in [2.05, 4.69) is 15.6 Å². The highest BCUT2D eigenvalue weighted by molar-refractivity contribution is 6.04. The van der Waals surface area contributed by atoms with Crippen molar-refractivity contribution in [3.63, 3.8) is 0 Å². The van der Waals surface area contributed by atoms with Gasteiger partial charge in [0.25, 0.3) is 5.91 Å². The Labute approximate surface area is 159 Å². The summed E-state index contributed by atoms with van der Waals surface area (Å²) < 4.78 is 36.8. The number of hydrogen-bond donors (Lipinski definition) is 2. The van der Waals surface area contributed by atoms with Gasteiger partial charge in [0.15, 0.2) is 23.1 Å². The maximum absolute atomic E-state index is 13.2. The fourth-order valence-electron chi connectivity index (χ4n) is 2.66. The molecule has 6 nitrogen and oxygen atoms in total. The van der Waals surface area contributed by atoms with Crippen molar-refractivity contribution in [1.29, 1.82) is 0 Å². The number of halogens is 2. The number of benzene rings is 2. The minimum Gasteiger partial charge on any atom is -0.454 e. The number of pyridine rings is 1. The van der Waals surface area contributed by atoms with Gasteiger partial charge in [-0.05, 0) is 48.0 Å². The van der Waals surface area contributed by atoms with Crippen LogP contribution in [0.15, 0.2) is 54.7 Å². The van der Waals surface area contributed by atoms with Crippen molar-refractivity contribution >= 4 is 17.4 Å². The minimum atomic E-state index is -1.08. The zero-order valence-electron chi connectivity index (χ0n) is 14.5. The monoisotopic (exact) mass is 383 g/mol. The first-order chi connectivity index (χ1) is 13.6. The van der Waals surface area contributed by atoms with Crippen LogP contribution in [0.5, 0.6) is 11.5 Å². The van der Waals surface area contributed by atoms with Crippen molar-refractivity contribution in [3.05, 3.63) is 77.5 Å². The summed E-state index contributed by atoms with van der Waals surface area (Å²) >= 11 is 0. The third kappa shape index (κ3) is 3.85. The Kier molecular flexibility index (Phi) is 4.76. The standard InChI is InChI=1S/C20H15F2N3O3/c21-15-4-2-13(8-16(15)22)20(26)25-14-3-6-19(24-10-14)23-9-12-1-5-17-18(7-12)28-11-27-17/h1-8,10H,9,11H2,(H,23,24)(H,25,26). The minimum absolute atomic E-state index is 0.0175. The molecule has 0 unspecified atom stereocenters. The lowest BCUT2D eigenvalue weighted by Gasteiger charge is -2.09. The number of nitrogens with one attached hydrogen (secondary N) is 2. The molecule has 2 heterocycles. The van der Waals surface area contributed by atoms with Crippen LogP contribution >= 0.6 is 0 Å². The molecule has 1 aromatic heterocycles. The van der Waals surface area contributed by atoms with Crippen molar-refractivity contribution < 1.29 is 23.0 Å². The van der Waals surface area contributed by atoms with E-state index in [1.54, 1.807) is 12.1 Å². The second kappa shape index (κ2) is 7.51. The lowest BCUT2D eigenvalue weighted by atomic mass is 10.2. The third-order valence-corrected chi connectivity index (χ3v) is 4.11. The van der Waals surface area contributed by atoms with Crippen LogP contribution in [0.4, 0.5) is 20.3 Å². The fraction of sp³-hybridized carbons (Fsp3) is 0.100. The molecule has 0 radical (unpaired) electrons. The lowest BCUT2D eigenvalue weighted by Crippen LogP contribution is -2.12. The lowest BCUT2D eigenvalue weighted by molar-refractivity contribution is 0.102. The van der Waals surface area contributed by atoms with Gasteiger partial charge < -0.3 is 20.1 Å². The Bertz CT molecular complexity index is 1030. The van der Waals surface area contributed by atoms with Crippen molar-refractivity contribution in [1.82, 2.24) is 4.98 Å². The summed E-state index contributed by atoms with van der Waals surface area (Å²) in [5, 5.41) is 5.75. The molecule has 8 heteroatoms. The molecule has 142 valence electrons. The predicted molar refractivity (Wildman–Crippen MR) is 98.4 cm³/mol. The van der Waals surface area contributed by atoms with E-state index < -0.39 is 17.5 Å². The van der Waals surface area contributed by atoms with E-state index >= 15 is 0 Å². The SMILES string of the molecule is O=C(Nc1ccc(NCc2ccc3c(c2)OCO3)nc1)c1ccc(F)c(F)c1. The van der Waals surface area contributed by atoms with Gasteiger partial charge in [-0.25, -0.2) is 13.8 Å². The molecule has 4 rings (SSSR count). The van der Waals surface area contributed by atoms with Crippen LogP contribution in [0.3, 0.4) is 0 Å². The van der Waals surface area contributed by atoms with Crippen molar-refractivity contribution in [2.75, 3.05) is 17.4 Å². The van der Waals surface area contributed by atoms with Crippen LogP contribution in [-0.2, 0) is 6.54 Å². The number of rotatable bonds is 5. The smallest absolute Gasteiger partial charge is 0.255 e. The first-order valence-corrected chi connectivity index (χ1v) is 8.43. The van der Waals surface area contributed by atoms with Crippen LogP contribution in [0.1, 0.15) is 15.9 Å². The number of carbonyl (C=O) groups excluding carboxylic acids is 1. The van der Waals surface area contributed by atoms with Gasteiger partial charge >= 0.3 is 0 Å². The highest BCUT2D eigenvalue weighted by Crippen LogP contribution is 2.32. The van der Waals surface area contributed by atoms with Gasteiger partial charge in [0.1, 0.15) is 5.82 Å². The predicted octanol–water partition coefficient (Wildman–Crippen LogP) is 3.95. The molecule has 0 aliphatic carbocycles. The van der Waals surface area contributed by atoms with Crippen LogP contribution in [0.25, 0.3) is 0 Å². The topological polar surface area (TPSA) is 72.5 Å². The van der Waals surface area contributed by atoms with E-state index in [1.165, 1.54) is 12.3 Å². The third-order valence-electron chi connectivity index (χ3n) is 4.11. The summed E-state index contributed by atoms with van der Waals surface area (Å²) in [5.41, 5.74) is 1.45. The summed E-state index contributed by atoms with van der Waals surface area (Å²) in [5.74, 6) is -0.583. The highest BCUT2D eigenvalue weighted by atomic mass is 19.2. The number of aromatic nitrogens is 1. The van der Waals surface area contributed by atoms with Gasteiger partial charge in [-0.3, -0.25) is 4.79 Å². The van der Waals surface area contributed by atoms with Gasteiger partial charge in [0, 0.05) is 12.1 Å². The molecule has 1 aliphatic heterocycles. The van der Waals surface area contributed by atoms with Gasteiger partial charge in [0.05, 0.1) is 11.9 Å². The number of fused-ring (bicyclic) bond motifs is 1. The van der Waals surface area contributed by atoms with Crippen LogP contribution in [0, 0.1) is 11.6 Å². The Morgan fingerprint density at radius 3 is 2.64 bits per heavy atom. The van der Waals surface area contributed by atoms with Gasteiger partial charge in [-0.15, -0.1) is 0 Å². The normalized spacial score (nSPS) is 11.9. The van der Waals surface area contributed by atoms with E-state index in [1.807, 2.05) is 18.2 Å². The molecular weight excluding hydrogens is 368 g/mol. The molecule has 28 heavy (non-hydrogen) atoms. The van der Waals surface area contributed by atoms with Crippen molar-refractivity contribution in [2.24, 2.45) is 0 Å². The fourth-order valence-corrected chi connectivity index (χ4v) is 2.66. The summed E-state index contributed by atoms with van der Waals surface area (Å²) in [7, 11) is 0. The quantitative estimate of drug-likeness (QED) is 0.698. The molecule has 3 aromatic rings. The van der Waals surface area contributed by atoms with E-state index in [0.717, 1.165) is 23.4 Å². The van der Waals surface area contributed by atoms with Gasteiger partial charge in [-0.2, -0.15) is 0 Å². The van der Waals surface area contributed by atoms with E-state index in [4.69, 9.17) is 9.47 Å². The zero-order valence-corrected chi connectivity index (χ0v) is 14.5. The second-order valence-corrected chi connectivity index (χ2v) is 6.06. The number of ether oxygens (including phenoxy) is 2. The maximum Gasteiger partial charge on any atom is 0.255 e. The average molecular weight is 383 g/mol. The van der Waals surface area contributed by atoms with Gasteiger partial charge in [-0.1, -0.05) is 6.07 Å². The summed E-state index contributed by atoms with van der Waals surface area (Å²) in [4.78, 5) is 16.3. The number of hydrogen-bond acceptors (Lipinski definition) is 5. The van der Waals surface area contributed by atoms with Gasteiger partial charge in [0.2, 0.25) is 6.79 Å². The van der Waals surface area contributed by atoms with E-state index in [9.17, 15) is 13.6 Å². The molecule has 0 atom stereocenters. The number of nitrogens with zero attached hydrogens (tertiary/aromatic N) is 1. The average Bonchev–Trinajstić information content (AvgIpc) is 3.17. The highest BCUT2D eigenvalue weighted by Gasteiger charge is 2.13. The summed E-state index contributed by atoms with van der Waals surface area (Å²) in [6.07, 6.45) is 1.47. The first-order valence-electron chi connectivity index (χ1n) is 8.43. The summed E-state index contributed by atoms with van der Waals surface area (Å²) in [6, 6.07) is 12.0. The number of amides is 1. The molecule has 0 bridgehead atoms. The first kappa shape index (κ1) is 17.7. The molecule has 0 fully saturated rings. The summed E-state index contributed by atoms with van der Waals surface area (Å²) in [6.45, 7) is 0.760. The molecule has 0 saturated heterocycles. The van der Waals surface area contributed by atoms with Crippen molar-refractivity contribution in [2.45, 2.75) is 6.54 Å². The van der Waals surface area contributed by atoms with Crippen molar-refractivity contribution in [3.8, 4) is 11.5 Å². The molecule has 2 aromatic carbocycles. The Morgan fingerprint density at radius 2 is 1.86 bits per heavy atom. The van der Waals surface area contributed by atoms with Crippen LogP contribution in [0.2, 0.25) is 0 Å². The van der Waals surface area contributed by atoms with Crippen LogP contribution in [-0.4, -0.2) is 17.7 Å². The molecule has 0 saturated carbocycles. The zero-order chi connectivity index (χ0) is 19.5. The largest absolute Gasteiger partial charge is 0.454 e. The molecule has 1 aliphatic rings. The Balaban J connectivity index is 1.35. The second-order valence-electron chi connectivity index (χ2n) is 6.06. The number of anilines is 2. The Morgan fingerprint density at radius 1 is 1.00 bits per heavy atom.